The first kappa shape index (κ1) is 15.3. The van der Waals surface area contributed by atoms with Gasteiger partial charge in [-0.25, -0.2) is 4.98 Å². The highest BCUT2D eigenvalue weighted by Gasteiger charge is 2.33. The van der Waals surface area contributed by atoms with E-state index in [9.17, 15) is 4.79 Å². The van der Waals surface area contributed by atoms with Gasteiger partial charge in [0.15, 0.2) is 5.82 Å². The molecule has 128 valence electrons. The zero-order chi connectivity index (χ0) is 16.5. The molecule has 8 nitrogen and oxygen atoms in total. The van der Waals surface area contributed by atoms with Gasteiger partial charge in [0, 0.05) is 38.1 Å². The van der Waals surface area contributed by atoms with Gasteiger partial charge < -0.3 is 9.64 Å². The van der Waals surface area contributed by atoms with Gasteiger partial charge in [0.2, 0.25) is 0 Å². The second kappa shape index (κ2) is 6.35. The number of carbonyl (C=O) groups is 1. The molecule has 1 atom stereocenters. The van der Waals surface area contributed by atoms with Crippen LogP contribution in [0.4, 0.5) is 0 Å². The first-order chi connectivity index (χ1) is 11.7. The SMILES string of the molecule is Cc1nc(C2CCN(C(=O)c3cn[nH]c3C3CCOCC3)C2)n[nH]1. The van der Waals surface area contributed by atoms with E-state index >= 15 is 0 Å². The smallest absolute Gasteiger partial charge is 0.257 e. The van der Waals surface area contributed by atoms with Crippen molar-refractivity contribution in [2.24, 2.45) is 0 Å². The second-order valence-electron chi connectivity index (χ2n) is 6.60. The number of nitrogens with one attached hydrogen (secondary N) is 2. The Bertz CT molecular complexity index is 718. The number of amides is 1. The van der Waals surface area contributed by atoms with Crippen LogP contribution in [0.25, 0.3) is 0 Å². The molecule has 2 fully saturated rings. The van der Waals surface area contributed by atoms with Crippen LogP contribution >= 0.6 is 0 Å². The Morgan fingerprint density at radius 1 is 1.25 bits per heavy atom. The lowest BCUT2D eigenvalue weighted by molar-refractivity contribution is 0.0768. The highest BCUT2D eigenvalue weighted by atomic mass is 16.5. The van der Waals surface area contributed by atoms with E-state index < -0.39 is 0 Å². The molecule has 2 aromatic heterocycles. The van der Waals surface area contributed by atoms with Crippen LogP contribution in [-0.4, -0.2) is 62.5 Å². The van der Waals surface area contributed by atoms with Crippen LogP contribution in [-0.2, 0) is 4.74 Å². The van der Waals surface area contributed by atoms with Crippen molar-refractivity contribution >= 4 is 5.91 Å². The Balaban J connectivity index is 1.48. The third-order valence-corrected chi connectivity index (χ3v) is 4.98. The summed E-state index contributed by atoms with van der Waals surface area (Å²) in [5.41, 5.74) is 1.66. The molecule has 0 aliphatic carbocycles. The Labute approximate surface area is 140 Å². The molecule has 4 heterocycles. The van der Waals surface area contributed by atoms with Gasteiger partial charge in [0.25, 0.3) is 5.91 Å². The predicted octanol–water partition coefficient (Wildman–Crippen LogP) is 1.36. The van der Waals surface area contributed by atoms with Gasteiger partial charge >= 0.3 is 0 Å². The molecule has 1 amide bonds. The number of carbonyl (C=O) groups excluding carboxylic acids is 1. The Kier molecular flexibility index (Phi) is 4.05. The van der Waals surface area contributed by atoms with E-state index in [1.54, 1.807) is 6.20 Å². The minimum Gasteiger partial charge on any atom is -0.381 e. The summed E-state index contributed by atoms with van der Waals surface area (Å²) >= 11 is 0. The number of aryl methyl sites for hydroxylation is 1. The molecular formula is C16H22N6O2. The molecule has 0 saturated carbocycles. The van der Waals surface area contributed by atoms with Crippen molar-refractivity contribution in [3.8, 4) is 0 Å². The van der Waals surface area contributed by atoms with Crippen molar-refractivity contribution in [2.45, 2.75) is 38.0 Å². The molecule has 0 spiro atoms. The highest BCUT2D eigenvalue weighted by molar-refractivity contribution is 5.95. The fraction of sp³-hybridized carbons (Fsp3) is 0.625. The van der Waals surface area contributed by atoms with E-state index in [-0.39, 0.29) is 11.8 Å². The van der Waals surface area contributed by atoms with Crippen LogP contribution in [0.15, 0.2) is 6.20 Å². The average molecular weight is 330 g/mol. The van der Waals surface area contributed by atoms with Crippen LogP contribution in [0.3, 0.4) is 0 Å². The number of hydrogen-bond acceptors (Lipinski definition) is 5. The second-order valence-corrected chi connectivity index (χ2v) is 6.60. The zero-order valence-corrected chi connectivity index (χ0v) is 13.8. The maximum Gasteiger partial charge on any atom is 0.257 e. The van der Waals surface area contributed by atoms with Gasteiger partial charge in [-0.2, -0.15) is 10.2 Å². The minimum atomic E-state index is 0.0556. The number of ether oxygens (including phenoxy) is 1. The van der Waals surface area contributed by atoms with Crippen LogP contribution < -0.4 is 0 Å². The van der Waals surface area contributed by atoms with E-state index in [2.05, 4.69) is 25.4 Å². The molecule has 0 aromatic carbocycles. The Hall–Kier alpha value is -2.22. The first-order valence-electron chi connectivity index (χ1n) is 8.51. The van der Waals surface area contributed by atoms with Crippen LogP contribution in [0.5, 0.6) is 0 Å². The van der Waals surface area contributed by atoms with Crippen molar-refractivity contribution < 1.29 is 9.53 Å². The maximum absolute atomic E-state index is 12.9. The van der Waals surface area contributed by atoms with Crippen molar-refractivity contribution in [3.63, 3.8) is 0 Å². The lowest BCUT2D eigenvalue weighted by Gasteiger charge is -2.23. The summed E-state index contributed by atoms with van der Waals surface area (Å²) in [6, 6.07) is 0. The minimum absolute atomic E-state index is 0.0556. The fourth-order valence-corrected chi connectivity index (χ4v) is 3.63. The van der Waals surface area contributed by atoms with E-state index in [1.165, 1.54) is 0 Å². The van der Waals surface area contributed by atoms with Gasteiger partial charge in [0.05, 0.1) is 17.5 Å². The normalized spacial score (nSPS) is 22.2. The maximum atomic E-state index is 12.9. The molecule has 0 radical (unpaired) electrons. The summed E-state index contributed by atoms with van der Waals surface area (Å²) in [4.78, 5) is 19.2. The lowest BCUT2D eigenvalue weighted by atomic mass is 9.93. The van der Waals surface area contributed by atoms with Crippen LogP contribution in [0.2, 0.25) is 0 Å². The van der Waals surface area contributed by atoms with E-state index in [4.69, 9.17) is 4.74 Å². The molecule has 0 bridgehead atoms. The number of aromatic nitrogens is 5. The number of H-pyrrole nitrogens is 2. The van der Waals surface area contributed by atoms with Gasteiger partial charge in [-0.3, -0.25) is 15.0 Å². The predicted molar refractivity (Wildman–Crippen MR) is 85.8 cm³/mol. The van der Waals surface area contributed by atoms with Crippen LogP contribution in [0.1, 0.15) is 58.8 Å². The molecule has 2 aromatic rings. The Morgan fingerprint density at radius 3 is 2.83 bits per heavy atom. The standard InChI is InChI=1S/C16H22N6O2/c1-10-18-15(21-19-10)12-2-5-22(9-12)16(23)13-8-17-20-14(13)11-3-6-24-7-4-11/h8,11-12H,2-7,9H2,1H3,(H,17,20)(H,18,19,21). The molecule has 4 rings (SSSR count). The van der Waals surface area contributed by atoms with E-state index in [1.807, 2.05) is 11.8 Å². The summed E-state index contributed by atoms with van der Waals surface area (Å²) in [6.07, 6.45) is 4.42. The summed E-state index contributed by atoms with van der Waals surface area (Å²) in [7, 11) is 0. The van der Waals surface area contributed by atoms with Crippen molar-refractivity contribution in [2.75, 3.05) is 26.3 Å². The van der Waals surface area contributed by atoms with Gasteiger partial charge in [-0.1, -0.05) is 0 Å². The number of nitrogens with zero attached hydrogens (tertiary/aromatic N) is 4. The molecule has 8 heteroatoms. The highest BCUT2D eigenvalue weighted by Crippen LogP contribution is 2.30. The van der Waals surface area contributed by atoms with E-state index in [0.29, 0.717) is 18.0 Å². The van der Waals surface area contributed by atoms with E-state index in [0.717, 1.165) is 56.4 Å². The monoisotopic (exact) mass is 330 g/mol. The van der Waals surface area contributed by atoms with Gasteiger partial charge in [-0.05, 0) is 26.2 Å². The summed E-state index contributed by atoms with van der Waals surface area (Å²) in [5.74, 6) is 2.21. The van der Waals surface area contributed by atoms with Crippen LogP contribution in [0, 0.1) is 6.92 Å². The molecule has 1 unspecified atom stereocenters. The van der Waals surface area contributed by atoms with Crippen molar-refractivity contribution in [3.05, 3.63) is 29.1 Å². The third kappa shape index (κ3) is 2.82. The Morgan fingerprint density at radius 2 is 2.08 bits per heavy atom. The third-order valence-electron chi connectivity index (χ3n) is 4.98. The number of aromatic amines is 2. The topological polar surface area (TPSA) is 99.8 Å². The molecule has 24 heavy (non-hydrogen) atoms. The molecule has 2 saturated heterocycles. The summed E-state index contributed by atoms with van der Waals surface area (Å²) in [5, 5.41) is 14.3. The molecule has 2 N–H and O–H groups in total. The molecule has 2 aliphatic heterocycles. The molecular weight excluding hydrogens is 308 g/mol. The summed E-state index contributed by atoms with van der Waals surface area (Å²) in [6.45, 7) is 4.77. The number of hydrogen-bond donors (Lipinski definition) is 2. The van der Waals surface area contributed by atoms with Crippen molar-refractivity contribution in [1.29, 1.82) is 0 Å². The number of likely N-dealkylation sites (tertiary alicyclic amines) is 1. The zero-order valence-electron chi connectivity index (χ0n) is 13.8. The van der Waals surface area contributed by atoms with Crippen molar-refractivity contribution in [1.82, 2.24) is 30.3 Å². The number of rotatable bonds is 3. The quantitative estimate of drug-likeness (QED) is 0.885. The van der Waals surface area contributed by atoms with Gasteiger partial charge in [0.1, 0.15) is 5.82 Å². The average Bonchev–Trinajstić information content (AvgIpc) is 3.35. The molecule has 2 aliphatic rings. The fourth-order valence-electron chi connectivity index (χ4n) is 3.63. The lowest BCUT2D eigenvalue weighted by Crippen LogP contribution is -2.29. The largest absolute Gasteiger partial charge is 0.381 e. The summed E-state index contributed by atoms with van der Waals surface area (Å²) < 4.78 is 5.42. The first-order valence-corrected chi connectivity index (χ1v) is 8.51. The van der Waals surface area contributed by atoms with Gasteiger partial charge in [-0.15, -0.1) is 0 Å².